The molecule has 1 heterocycles. The summed E-state index contributed by atoms with van der Waals surface area (Å²) in [6, 6.07) is 7.88. The standard InChI is InChI=1S/C15H15FN2O2/c16-11-7-3-4-8-13(11)18-14(10-5-1-2-6-10)9-12(17-18)15(19)20/h3-4,7-10H,1-2,5-6H2,(H,19,20). The Morgan fingerprint density at radius 2 is 2.00 bits per heavy atom. The number of hydrogen-bond donors (Lipinski definition) is 1. The van der Waals surface area contributed by atoms with E-state index in [2.05, 4.69) is 5.10 Å². The van der Waals surface area contributed by atoms with Gasteiger partial charge >= 0.3 is 5.97 Å². The molecule has 3 rings (SSSR count). The minimum Gasteiger partial charge on any atom is -0.476 e. The van der Waals surface area contributed by atoms with Crippen molar-refractivity contribution in [1.29, 1.82) is 0 Å². The second kappa shape index (κ2) is 5.07. The van der Waals surface area contributed by atoms with E-state index < -0.39 is 11.8 Å². The van der Waals surface area contributed by atoms with Crippen molar-refractivity contribution in [3.05, 3.63) is 47.5 Å². The zero-order valence-corrected chi connectivity index (χ0v) is 10.9. The summed E-state index contributed by atoms with van der Waals surface area (Å²) in [5, 5.41) is 13.2. The van der Waals surface area contributed by atoms with Crippen molar-refractivity contribution in [2.24, 2.45) is 0 Å². The number of aromatic carboxylic acids is 1. The summed E-state index contributed by atoms with van der Waals surface area (Å²) < 4.78 is 15.4. The molecule has 0 amide bonds. The van der Waals surface area contributed by atoms with Crippen LogP contribution < -0.4 is 0 Å². The van der Waals surface area contributed by atoms with Gasteiger partial charge in [0, 0.05) is 11.6 Å². The second-order valence-corrected chi connectivity index (χ2v) is 5.10. The third-order valence-corrected chi connectivity index (χ3v) is 3.81. The van der Waals surface area contributed by atoms with Crippen molar-refractivity contribution in [3.63, 3.8) is 0 Å². The van der Waals surface area contributed by atoms with Gasteiger partial charge in [-0.3, -0.25) is 0 Å². The van der Waals surface area contributed by atoms with E-state index in [1.165, 1.54) is 10.7 Å². The predicted octanol–water partition coefficient (Wildman–Crippen LogP) is 3.37. The molecular weight excluding hydrogens is 259 g/mol. The Morgan fingerprint density at radius 3 is 2.65 bits per heavy atom. The highest BCUT2D eigenvalue weighted by Gasteiger charge is 2.25. The monoisotopic (exact) mass is 274 g/mol. The molecule has 1 N–H and O–H groups in total. The van der Waals surface area contributed by atoms with E-state index in [1.54, 1.807) is 24.3 Å². The van der Waals surface area contributed by atoms with Gasteiger partial charge in [0.25, 0.3) is 0 Å². The molecule has 0 unspecified atom stereocenters. The summed E-state index contributed by atoms with van der Waals surface area (Å²) in [4.78, 5) is 11.1. The largest absolute Gasteiger partial charge is 0.476 e. The molecule has 0 saturated heterocycles. The first-order chi connectivity index (χ1) is 9.66. The van der Waals surface area contributed by atoms with Gasteiger partial charge < -0.3 is 5.11 Å². The van der Waals surface area contributed by atoms with Crippen LogP contribution in [0.5, 0.6) is 0 Å². The summed E-state index contributed by atoms with van der Waals surface area (Å²) in [6.45, 7) is 0. The lowest BCUT2D eigenvalue weighted by atomic mass is 10.0. The lowest BCUT2D eigenvalue weighted by molar-refractivity contribution is 0.0690. The number of rotatable bonds is 3. The van der Waals surface area contributed by atoms with E-state index in [1.807, 2.05) is 0 Å². The van der Waals surface area contributed by atoms with Crippen LogP contribution in [0.25, 0.3) is 5.69 Å². The minimum absolute atomic E-state index is 0.0323. The van der Waals surface area contributed by atoms with Gasteiger partial charge in [-0.2, -0.15) is 5.10 Å². The highest BCUT2D eigenvalue weighted by atomic mass is 19.1. The molecule has 0 aliphatic heterocycles. The van der Waals surface area contributed by atoms with Crippen molar-refractivity contribution in [2.45, 2.75) is 31.6 Å². The zero-order chi connectivity index (χ0) is 14.1. The van der Waals surface area contributed by atoms with E-state index in [9.17, 15) is 9.18 Å². The molecule has 20 heavy (non-hydrogen) atoms. The molecular formula is C15H15FN2O2. The number of benzene rings is 1. The van der Waals surface area contributed by atoms with Gasteiger partial charge in [0.15, 0.2) is 5.69 Å². The number of hydrogen-bond acceptors (Lipinski definition) is 2. The molecule has 2 aromatic rings. The molecule has 1 fully saturated rings. The molecule has 104 valence electrons. The fraction of sp³-hybridized carbons (Fsp3) is 0.333. The van der Waals surface area contributed by atoms with Crippen LogP contribution >= 0.6 is 0 Å². The highest BCUT2D eigenvalue weighted by molar-refractivity contribution is 5.85. The van der Waals surface area contributed by atoms with Crippen LogP contribution in [0.2, 0.25) is 0 Å². The second-order valence-electron chi connectivity index (χ2n) is 5.10. The van der Waals surface area contributed by atoms with Gasteiger partial charge in [-0.25, -0.2) is 13.9 Å². The molecule has 0 atom stereocenters. The van der Waals surface area contributed by atoms with Crippen LogP contribution in [0, 0.1) is 5.82 Å². The predicted molar refractivity (Wildman–Crippen MR) is 71.7 cm³/mol. The van der Waals surface area contributed by atoms with E-state index >= 15 is 0 Å². The molecule has 0 bridgehead atoms. The smallest absolute Gasteiger partial charge is 0.356 e. The Bertz CT molecular complexity index is 645. The molecule has 1 aromatic heterocycles. The Labute approximate surface area is 115 Å². The zero-order valence-electron chi connectivity index (χ0n) is 10.9. The summed E-state index contributed by atoms with van der Waals surface area (Å²) in [5.41, 5.74) is 1.07. The lowest BCUT2D eigenvalue weighted by Crippen LogP contribution is -2.07. The Kier molecular flexibility index (Phi) is 3.26. The first-order valence-corrected chi connectivity index (χ1v) is 6.75. The number of para-hydroxylation sites is 1. The van der Waals surface area contributed by atoms with Crippen LogP contribution in [0.4, 0.5) is 4.39 Å². The molecule has 1 aromatic carbocycles. The van der Waals surface area contributed by atoms with Crippen LogP contribution in [0.15, 0.2) is 30.3 Å². The maximum Gasteiger partial charge on any atom is 0.356 e. The summed E-state index contributed by atoms with van der Waals surface area (Å²) >= 11 is 0. The lowest BCUT2D eigenvalue weighted by Gasteiger charge is -2.13. The summed E-state index contributed by atoms with van der Waals surface area (Å²) in [7, 11) is 0. The van der Waals surface area contributed by atoms with Crippen LogP contribution in [0.3, 0.4) is 0 Å². The average Bonchev–Trinajstić information content (AvgIpc) is 3.08. The molecule has 1 aliphatic carbocycles. The van der Waals surface area contributed by atoms with Crippen molar-refractivity contribution in [1.82, 2.24) is 9.78 Å². The van der Waals surface area contributed by atoms with E-state index in [0.717, 1.165) is 31.4 Å². The third-order valence-electron chi connectivity index (χ3n) is 3.81. The Hall–Kier alpha value is -2.17. The maximum absolute atomic E-state index is 13.9. The fourth-order valence-corrected chi connectivity index (χ4v) is 2.83. The first kappa shape index (κ1) is 12.8. The molecule has 1 saturated carbocycles. The summed E-state index contributed by atoms with van der Waals surface area (Å²) in [5.74, 6) is -1.22. The van der Waals surface area contributed by atoms with Gasteiger partial charge in [0.1, 0.15) is 11.5 Å². The van der Waals surface area contributed by atoms with Gasteiger partial charge in [0.2, 0.25) is 0 Å². The van der Waals surface area contributed by atoms with Crippen LogP contribution in [-0.2, 0) is 0 Å². The van der Waals surface area contributed by atoms with Crippen LogP contribution in [-0.4, -0.2) is 20.9 Å². The molecule has 0 spiro atoms. The average molecular weight is 274 g/mol. The van der Waals surface area contributed by atoms with Gasteiger partial charge in [-0.05, 0) is 31.0 Å². The normalized spacial score (nSPS) is 15.7. The first-order valence-electron chi connectivity index (χ1n) is 6.75. The number of carboxylic acids is 1. The number of aromatic nitrogens is 2. The van der Waals surface area contributed by atoms with Gasteiger partial charge in [0.05, 0.1) is 0 Å². The molecule has 0 radical (unpaired) electrons. The topological polar surface area (TPSA) is 55.1 Å². The van der Waals surface area contributed by atoms with Crippen LogP contribution in [0.1, 0.15) is 47.8 Å². The van der Waals surface area contributed by atoms with Gasteiger partial charge in [-0.15, -0.1) is 0 Å². The highest BCUT2D eigenvalue weighted by Crippen LogP contribution is 2.35. The minimum atomic E-state index is -1.08. The number of carboxylic acid groups (broad SMARTS) is 1. The molecule has 1 aliphatic rings. The number of nitrogens with zero attached hydrogens (tertiary/aromatic N) is 2. The third kappa shape index (κ3) is 2.19. The number of carbonyl (C=O) groups is 1. The van der Waals surface area contributed by atoms with Crippen molar-refractivity contribution < 1.29 is 14.3 Å². The van der Waals surface area contributed by atoms with Crippen molar-refractivity contribution >= 4 is 5.97 Å². The van der Waals surface area contributed by atoms with E-state index in [4.69, 9.17) is 5.11 Å². The van der Waals surface area contributed by atoms with Gasteiger partial charge in [-0.1, -0.05) is 25.0 Å². The summed E-state index contributed by atoms with van der Waals surface area (Å²) in [6.07, 6.45) is 4.24. The van der Waals surface area contributed by atoms with E-state index in [0.29, 0.717) is 5.69 Å². The number of halogens is 1. The maximum atomic E-state index is 13.9. The fourth-order valence-electron chi connectivity index (χ4n) is 2.83. The van der Waals surface area contributed by atoms with Crippen molar-refractivity contribution in [3.8, 4) is 5.69 Å². The van der Waals surface area contributed by atoms with E-state index in [-0.39, 0.29) is 11.6 Å². The Morgan fingerprint density at radius 1 is 1.30 bits per heavy atom. The quantitative estimate of drug-likeness (QED) is 0.933. The molecule has 5 heteroatoms. The SMILES string of the molecule is O=C(O)c1cc(C2CCCC2)n(-c2ccccc2F)n1. The van der Waals surface area contributed by atoms with Crippen molar-refractivity contribution in [2.75, 3.05) is 0 Å². The molecule has 4 nitrogen and oxygen atoms in total. The Balaban J connectivity index is 2.13.